The summed E-state index contributed by atoms with van der Waals surface area (Å²) in [6.07, 6.45) is 4.10. The normalized spacial score (nSPS) is 29.6. The molecule has 1 fully saturated rings. The Morgan fingerprint density at radius 1 is 1.50 bits per heavy atom. The average Bonchev–Trinajstić information content (AvgIpc) is 2.19. The molecule has 14 heavy (non-hydrogen) atoms. The van der Waals surface area contributed by atoms with E-state index in [0.717, 1.165) is 25.7 Å². The molecule has 0 amide bonds. The lowest BCUT2D eigenvalue weighted by atomic mass is 9.94. The summed E-state index contributed by atoms with van der Waals surface area (Å²) in [4.78, 5) is 11.2. The van der Waals surface area contributed by atoms with Crippen LogP contribution in [-0.2, 0) is 9.53 Å². The Bertz CT molecular complexity index is 191. The molecule has 1 aliphatic carbocycles. The molecular formula is C9H17IN2O2. The predicted octanol–water partition coefficient (Wildman–Crippen LogP) is 1.13. The van der Waals surface area contributed by atoms with Crippen LogP contribution >= 0.6 is 22.9 Å². The Balaban J connectivity index is 2.25. The summed E-state index contributed by atoms with van der Waals surface area (Å²) in [5, 5.41) is 0. The van der Waals surface area contributed by atoms with Gasteiger partial charge in [-0.1, -0.05) is 0 Å². The van der Waals surface area contributed by atoms with Crippen LogP contribution < -0.4 is 9.26 Å². The first-order chi connectivity index (χ1) is 6.63. The van der Waals surface area contributed by atoms with Crippen LogP contribution in [-0.4, -0.2) is 24.2 Å². The highest BCUT2D eigenvalue weighted by molar-refractivity contribution is 14.1. The van der Waals surface area contributed by atoms with E-state index in [1.165, 1.54) is 0 Å². The highest BCUT2D eigenvalue weighted by Gasteiger charge is 2.24. The SMILES string of the molecule is C[C@H](N)C(=O)O[C@H]1CC[C@H](NI)CC1. The van der Waals surface area contributed by atoms with Gasteiger partial charge in [-0.15, -0.1) is 0 Å². The highest BCUT2D eigenvalue weighted by atomic mass is 127. The Hall–Kier alpha value is 0.120. The Morgan fingerprint density at radius 2 is 2.07 bits per heavy atom. The summed E-state index contributed by atoms with van der Waals surface area (Å²) in [6.45, 7) is 1.65. The van der Waals surface area contributed by atoms with Crippen LogP contribution in [0.1, 0.15) is 32.6 Å². The average molecular weight is 312 g/mol. The molecule has 1 aliphatic rings. The standard InChI is InChI=1S/C9H17IN2O2/c1-6(11)9(13)14-8-4-2-7(12-10)3-5-8/h6-8,12H,2-5,11H2,1H3/t6-,7-,8-/m0/s1. The zero-order valence-corrected chi connectivity index (χ0v) is 10.5. The quantitative estimate of drug-likeness (QED) is 0.466. The van der Waals surface area contributed by atoms with Crippen molar-refractivity contribution in [2.75, 3.05) is 0 Å². The number of hydrogen-bond acceptors (Lipinski definition) is 4. The zero-order valence-electron chi connectivity index (χ0n) is 8.33. The van der Waals surface area contributed by atoms with E-state index in [9.17, 15) is 4.79 Å². The molecule has 3 N–H and O–H groups in total. The van der Waals surface area contributed by atoms with E-state index >= 15 is 0 Å². The molecular weight excluding hydrogens is 295 g/mol. The summed E-state index contributed by atoms with van der Waals surface area (Å²) >= 11 is 2.17. The number of rotatable bonds is 3. The maximum absolute atomic E-state index is 11.2. The Labute approximate surface area is 98.4 Å². The van der Waals surface area contributed by atoms with Crippen molar-refractivity contribution in [2.45, 2.75) is 50.8 Å². The zero-order chi connectivity index (χ0) is 10.6. The minimum absolute atomic E-state index is 0.0782. The summed E-state index contributed by atoms with van der Waals surface area (Å²) in [5.41, 5.74) is 5.42. The molecule has 0 aliphatic heterocycles. The first-order valence-electron chi connectivity index (χ1n) is 4.95. The van der Waals surface area contributed by atoms with Gasteiger partial charge in [-0.3, -0.25) is 8.32 Å². The van der Waals surface area contributed by atoms with E-state index in [1.54, 1.807) is 6.92 Å². The molecule has 82 valence electrons. The van der Waals surface area contributed by atoms with Crippen molar-refractivity contribution >= 4 is 28.8 Å². The number of nitrogens with two attached hydrogens (primary N) is 1. The largest absolute Gasteiger partial charge is 0.461 e. The van der Waals surface area contributed by atoms with Crippen molar-refractivity contribution in [1.82, 2.24) is 3.53 Å². The van der Waals surface area contributed by atoms with Crippen LogP contribution in [0.25, 0.3) is 0 Å². The van der Waals surface area contributed by atoms with Crippen LogP contribution in [0.3, 0.4) is 0 Å². The second-order valence-corrected chi connectivity index (χ2v) is 4.43. The fraction of sp³-hybridized carbons (Fsp3) is 0.889. The molecule has 0 spiro atoms. The van der Waals surface area contributed by atoms with Crippen molar-refractivity contribution in [3.63, 3.8) is 0 Å². The van der Waals surface area contributed by atoms with Crippen molar-refractivity contribution in [3.8, 4) is 0 Å². The van der Waals surface area contributed by atoms with Gasteiger partial charge in [-0.05, 0) is 32.6 Å². The minimum atomic E-state index is -0.504. The third-order valence-electron chi connectivity index (χ3n) is 2.48. The van der Waals surface area contributed by atoms with Gasteiger partial charge < -0.3 is 10.5 Å². The second kappa shape index (κ2) is 5.87. The van der Waals surface area contributed by atoms with Crippen molar-refractivity contribution < 1.29 is 9.53 Å². The van der Waals surface area contributed by atoms with Crippen LogP contribution in [0.5, 0.6) is 0 Å². The smallest absolute Gasteiger partial charge is 0.322 e. The number of halogens is 1. The van der Waals surface area contributed by atoms with E-state index < -0.39 is 6.04 Å². The maximum Gasteiger partial charge on any atom is 0.322 e. The number of carbonyl (C=O) groups is 1. The molecule has 1 atom stereocenters. The van der Waals surface area contributed by atoms with Crippen LogP contribution in [0.15, 0.2) is 0 Å². The molecule has 5 heteroatoms. The van der Waals surface area contributed by atoms with Gasteiger partial charge in [0.05, 0.1) is 0 Å². The first kappa shape index (κ1) is 12.2. The van der Waals surface area contributed by atoms with Gasteiger partial charge in [-0.2, -0.15) is 0 Å². The van der Waals surface area contributed by atoms with Crippen LogP contribution in [0.2, 0.25) is 0 Å². The number of carbonyl (C=O) groups excluding carboxylic acids is 1. The predicted molar refractivity (Wildman–Crippen MR) is 62.9 cm³/mol. The molecule has 0 radical (unpaired) electrons. The van der Waals surface area contributed by atoms with Gasteiger partial charge in [0.25, 0.3) is 0 Å². The topological polar surface area (TPSA) is 64.4 Å². The number of ether oxygens (including phenoxy) is 1. The van der Waals surface area contributed by atoms with E-state index in [0.29, 0.717) is 6.04 Å². The van der Waals surface area contributed by atoms with Gasteiger partial charge in [-0.25, -0.2) is 0 Å². The molecule has 0 unspecified atom stereocenters. The van der Waals surface area contributed by atoms with E-state index in [1.807, 2.05) is 0 Å². The molecule has 0 aromatic heterocycles. The van der Waals surface area contributed by atoms with E-state index in [4.69, 9.17) is 10.5 Å². The molecule has 0 aromatic carbocycles. The molecule has 0 saturated heterocycles. The Kier molecular flexibility index (Phi) is 5.11. The number of nitrogens with one attached hydrogen (secondary N) is 1. The van der Waals surface area contributed by atoms with E-state index in [2.05, 4.69) is 26.4 Å². The second-order valence-electron chi connectivity index (χ2n) is 3.81. The van der Waals surface area contributed by atoms with Gasteiger partial charge >= 0.3 is 5.97 Å². The summed E-state index contributed by atoms with van der Waals surface area (Å²) < 4.78 is 8.46. The first-order valence-corrected chi connectivity index (χ1v) is 6.03. The summed E-state index contributed by atoms with van der Waals surface area (Å²) in [6, 6.07) is 0.0660. The third-order valence-corrected chi connectivity index (χ3v) is 3.36. The lowest BCUT2D eigenvalue weighted by Crippen LogP contribution is -2.36. The number of hydrogen-bond donors (Lipinski definition) is 2. The van der Waals surface area contributed by atoms with Gasteiger partial charge in [0.1, 0.15) is 12.1 Å². The number of esters is 1. The van der Waals surface area contributed by atoms with E-state index in [-0.39, 0.29) is 12.1 Å². The summed E-state index contributed by atoms with van der Waals surface area (Å²) in [7, 11) is 0. The van der Waals surface area contributed by atoms with Crippen LogP contribution in [0.4, 0.5) is 0 Å². The van der Waals surface area contributed by atoms with Crippen LogP contribution in [0, 0.1) is 0 Å². The van der Waals surface area contributed by atoms with Gasteiger partial charge in [0.2, 0.25) is 0 Å². The molecule has 0 aromatic rings. The van der Waals surface area contributed by atoms with Gasteiger partial charge in [0.15, 0.2) is 0 Å². The fourth-order valence-corrected chi connectivity index (χ4v) is 2.18. The van der Waals surface area contributed by atoms with Crippen molar-refractivity contribution in [1.29, 1.82) is 0 Å². The van der Waals surface area contributed by atoms with Crippen molar-refractivity contribution in [3.05, 3.63) is 0 Å². The lowest BCUT2D eigenvalue weighted by molar-refractivity contribution is -0.151. The third kappa shape index (κ3) is 3.70. The monoisotopic (exact) mass is 312 g/mol. The molecule has 0 bridgehead atoms. The Morgan fingerprint density at radius 3 is 2.50 bits per heavy atom. The van der Waals surface area contributed by atoms with Crippen molar-refractivity contribution in [2.24, 2.45) is 5.73 Å². The maximum atomic E-state index is 11.2. The minimum Gasteiger partial charge on any atom is -0.461 e. The molecule has 0 heterocycles. The van der Waals surface area contributed by atoms with Gasteiger partial charge in [0, 0.05) is 28.9 Å². The molecule has 1 rings (SSSR count). The summed E-state index contributed by atoms with van der Waals surface area (Å²) in [5.74, 6) is -0.282. The highest BCUT2D eigenvalue weighted by Crippen LogP contribution is 2.22. The fourth-order valence-electron chi connectivity index (χ4n) is 1.56. The molecule has 4 nitrogen and oxygen atoms in total. The molecule has 1 saturated carbocycles. The lowest BCUT2D eigenvalue weighted by Gasteiger charge is -2.27.